The van der Waals surface area contributed by atoms with Crippen molar-refractivity contribution in [2.45, 2.75) is 23.8 Å². The summed E-state index contributed by atoms with van der Waals surface area (Å²) < 4.78 is 13.4. The third kappa shape index (κ3) is 5.13. The van der Waals surface area contributed by atoms with Crippen molar-refractivity contribution in [2.24, 2.45) is 0 Å². The maximum Gasteiger partial charge on any atom is 0.166 e. The van der Waals surface area contributed by atoms with Gasteiger partial charge in [0.15, 0.2) is 5.11 Å². The van der Waals surface area contributed by atoms with Crippen LogP contribution >= 0.6 is 24.0 Å². The molecule has 1 aromatic rings. The normalized spacial score (nSPS) is 17.4. The zero-order valence-electron chi connectivity index (χ0n) is 12.5. The Morgan fingerprint density at radius 1 is 1.48 bits per heavy atom. The molecule has 0 fully saturated rings. The molecule has 1 atom stereocenters. The predicted octanol–water partition coefficient (Wildman–Crippen LogP) is 2.78. The summed E-state index contributed by atoms with van der Waals surface area (Å²) in [4.78, 5) is 3.30. The lowest BCUT2D eigenvalue weighted by Crippen LogP contribution is -2.39. The minimum atomic E-state index is -0.187. The molecule has 1 aliphatic rings. The number of hydrogen-bond donors (Lipinski definition) is 2. The van der Waals surface area contributed by atoms with E-state index in [2.05, 4.69) is 29.6 Å². The monoisotopic (exact) mass is 327 g/mol. The summed E-state index contributed by atoms with van der Waals surface area (Å²) in [5, 5.41) is 7.19. The van der Waals surface area contributed by atoms with E-state index in [4.69, 9.17) is 12.2 Å². The average molecular weight is 327 g/mol. The van der Waals surface area contributed by atoms with E-state index in [0.29, 0.717) is 5.11 Å². The summed E-state index contributed by atoms with van der Waals surface area (Å²) >= 11 is 7.12. The van der Waals surface area contributed by atoms with Gasteiger partial charge in [-0.3, -0.25) is 0 Å². The number of fused-ring (bicyclic) bond motifs is 1. The number of nitrogens with zero attached hydrogens (tertiary/aromatic N) is 1. The summed E-state index contributed by atoms with van der Waals surface area (Å²) in [7, 11) is 4.11. The van der Waals surface area contributed by atoms with Gasteiger partial charge in [0.25, 0.3) is 0 Å². The van der Waals surface area contributed by atoms with Crippen LogP contribution in [0.3, 0.4) is 0 Å². The quantitative estimate of drug-likeness (QED) is 0.641. The highest BCUT2D eigenvalue weighted by molar-refractivity contribution is 7.99. The second-order valence-electron chi connectivity index (χ2n) is 5.43. The molecule has 0 saturated heterocycles. The molecular weight excluding hydrogens is 305 g/mol. The minimum Gasteiger partial charge on any atom is -0.363 e. The molecule has 0 spiro atoms. The molecule has 1 aliphatic heterocycles. The van der Waals surface area contributed by atoms with E-state index in [1.165, 1.54) is 6.07 Å². The number of benzene rings is 1. The molecule has 0 unspecified atom stereocenters. The van der Waals surface area contributed by atoms with Crippen molar-refractivity contribution >= 4 is 29.1 Å². The van der Waals surface area contributed by atoms with Gasteiger partial charge in [-0.05, 0) is 69.5 Å². The number of hydrogen-bond acceptors (Lipinski definition) is 3. The second-order valence-corrected chi connectivity index (χ2v) is 6.97. The summed E-state index contributed by atoms with van der Waals surface area (Å²) in [5.74, 6) is 0.840. The van der Waals surface area contributed by atoms with Crippen molar-refractivity contribution in [1.82, 2.24) is 15.5 Å². The van der Waals surface area contributed by atoms with Crippen LogP contribution in [-0.2, 0) is 0 Å². The zero-order valence-corrected chi connectivity index (χ0v) is 14.1. The lowest BCUT2D eigenvalue weighted by atomic mass is 10.0. The first-order chi connectivity index (χ1) is 10.1. The first-order valence-electron chi connectivity index (χ1n) is 7.17. The van der Waals surface area contributed by atoms with E-state index in [-0.39, 0.29) is 11.9 Å². The van der Waals surface area contributed by atoms with Crippen LogP contribution in [0, 0.1) is 5.82 Å². The topological polar surface area (TPSA) is 27.3 Å². The largest absolute Gasteiger partial charge is 0.363 e. The van der Waals surface area contributed by atoms with E-state index in [1.54, 1.807) is 17.8 Å². The van der Waals surface area contributed by atoms with Crippen molar-refractivity contribution in [3.63, 3.8) is 0 Å². The van der Waals surface area contributed by atoms with E-state index in [0.717, 1.165) is 42.1 Å². The smallest absolute Gasteiger partial charge is 0.166 e. The molecule has 116 valence electrons. The van der Waals surface area contributed by atoms with E-state index in [1.807, 2.05) is 6.07 Å². The van der Waals surface area contributed by atoms with Crippen LogP contribution in [0.2, 0.25) is 0 Å². The maximum absolute atomic E-state index is 13.4. The highest BCUT2D eigenvalue weighted by Crippen LogP contribution is 2.36. The third-order valence-electron chi connectivity index (χ3n) is 3.38. The average Bonchev–Trinajstić information content (AvgIpc) is 2.44. The zero-order chi connectivity index (χ0) is 15.2. The Kier molecular flexibility index (Phi) is 6.26. The summed E-state index contributed by atoms with van der Waals surface area (Å²) in [5.41, 5.74) is 1.02. The van der Waals surface area contributed by atoms with Gasteiger partial charge in [0, 0.05) is 17.2 Å². The third-order valence-corrected chi connectivity index (χ3v) is 4.77. The Bertz CT molecular complexity index is 494. The van der Waals surface area contributed by atoms with Gasteiger partial charge in [-0.25, -0.2) is 4.39 Å². The molecule has 2 N–H and O–H groups in total. The minimum absolute atomic E-state index is 0.103. The van der Waals surface area contributed by atoms with Crippen LogP contribution in [0.25, 0.3) is 0 Å². The molecule has 6 heteroatoms. The molecule has 3 nitrogen and oxygen atoms in total. The first kappa shape index (κ1) is 16.5. The molecular formula is C15H22FN3S2. The number of thioether (sulfide) groups is 1. The fourth-order valence-electron chi connectivity index (χ4n) is 2.32. The Hall–Kier alpha value is -0.850. The Labute approximate surface area is 135 Å². The first-order valence-corrected chi connectivity index (χ1v) is 8.57. The molecule has 0 aliphatic carbocycles. The summed E-state index contributed by atoms with van der Waals surface area (Å²) in [6, 6.07) is 5.10. The molecule has 0 bridgehead atoms. The number of halogens is 1. The molecule has 1 aromatic carbocycles. The molecule has 0 aromatic heterocycles. The van der Waals surface area contributed by atoms with Crippen molar-refractivity contribution in [3.05, 3.63) is 29.6 Å². The SMILES string of the molecule is CN(C)CCCNC(=S)N[C@@H]1CCSc2ccc(F)cc21. The summed E-state index contributed by atoms with van der Waals surface area (Å²) in [6.07, 6.45) is 2.00. The standard InChI is InChI=1S/C15H22FN3S2/c1-19(2)8-3-7-17-15(20)18-13-6-9-21-14-5-4-11(16)10-12(13)14/h4-5,10,13H,3,6-9H2,1-2H3,(H2,17,18,20)/t13-/m1/s1. The highest BCUT2D eigenvalue weighted by atomic mass is 32.2. The van der Waals surface area contributed by atoms with Crippen LogP contribution in [0.5, 0.6) is 0 Å². The predicted molar refractivity (Wildman–Crippen MR) is 91.4 cm³/mol. The van der Waals surface area contributed by atoms with Crippen molar-refractivity contribution < 1.29 is 4.39 Å². The second kappa shape index (κ2) is 7.96. The van der Waals surface area contributed by atoms with Gasteiger partial charge >= 0.3 is 0 Å². The van der Waals surface area contributed by atoms with Gasteiger partial charge in [-0.2, -0.15) is 0 Å². The Morgan fingerprint density at radius 2 is 2.29 bits per heavy atom. The van der Waals surface area contributed by atoms with Gasteiger partial charge < -0.3 is 15.5 Å². The van der Waals surface area contributed by atoms with Gasteiger partial charge in [-0.15, -0.1) is 11.8 Å². The van der Waals surface area contributed by atoms with E-state index >= 15 is 0 Å². The van der Waals surface area contributed by atoms with Gasteiger partial charge in [0.2, 0.25) is 0 Å². The molecule has 1 heterocycles. The van der Waals surface area contributed by atoms with E-state index in [9.17, 15) is 4.39 Å². The maximum atomic E-state index is 13.4. The summed E-state index contributed by atoms with van der Waals surface area (Å²) in [6.45, 7) is 1.88. The van der Waals surface area contributed by atoms with Gasteiger partial charge in [0.05, 0.1) is 6.04 Å². The van der Waals surface area contributed by atoms with Crippen LogP contribution in [-0.4, -0.2) is 43.0 Å². The number of nitrogens with one attached hydrogen (secondary N) is 2. The van der Waals surface area contributed by atoms with Crippen LogP contribution in [0.4, 0.5) is 4.39 Å². The molecule has 0 radical (unpaired) electrons. The highest BCUT2D eigenvalue weighted by Gasteiger charge is 2.21. The van der Waals surface area contributed by atoms with E-state index < -0.39 is 0 Å². The lowest BCUT2D eigenvalue weighted by molar-refractivity contribution is 0.399. The van der Waals surface area contributed by atoms with Crippen LogP contribution in [0.1, 0.15) is 24.4 Å². The molecule has 2 rings (SSSR count). The molecule has 21 heavy (non-hydrogen) atoms. The lowest BCUT2D eigenvalue weighted by Gasteiger charge is -2.27. The van der Waals surface area contributed by atoms with Crippen molar-refractivity contribution in [3.8, 4) is 0 Å². The van der Waals surface area contributed by atoms with Crippen LogP contribution in [0.15, 0.2) is 23.1 Å². The Morgan fingerprint density at radius 3 is 3.05 bits per heavy atom. The molecule has 0 amide bonds. The molecule has 0 saturated carbocycles. The fraction of sp³-hybridized carbons (Fsp3) is 0.533. The fourth-order valence-corrected chi connectivity index (χ4v) is 3.67. The number of rotatable bonds is 5. The van der Waals surface area contributed by atoms with Crippen LogP contribution < -0.4 is 10.6 Å². The van der Waals surface area contributed by atoms with Crippen molar-refractivity contribution in [2.75, 3.05) is 32.9 Å². The van der Waals surface area contributed by atoms with Crippen molar-refractivity contribution in [1.29, 1.82) is 0 Å². The van der Waals surface area contributed by atoms with Gasteiger partial charge in [0.1, 0.15) is 5.82 Å². The van der Waals surface area contributed by atoms with Gasteiger partial charge in [-0.1, -0.05) is 0 Å². The Balaban J connectivity index is 1.86. The number of thiocarbonyl (C=S) groups is 1.